The molecule has 4 rings (SSSR count). The van der Waals surface area contributed by atoms with Gasteiger partial charge in [0.15, 0.2) is 11.5 Å². The van der Waals surface area contributed by atoms with Gasteiger partial charge in [-0.1, -0.05) is 23.7 Å². The van der Waals surface area contributed by atoms with Gasteiger partial charge in [-0.05, 0) is 41.5 Å². The molecule has 144 valence electrons. The topological polar surface area (TPSA) is 65.4 Å². The zero-order chi connectivity index (χ0) is 19.3. The van der Waals surface area contributed by atoms with E-state index in [9.17, 15) is 4.79 Å². The first kappa shape index (κ1) is 18.4. The lowest BCUT2D eigenvalue weighted by Gasteiger charge is -2.12. The zero-order valence-corrected chi connectivity index (χ0v) is 16.0. The summed E-state index contributed by atoms with van der Waals surface area (Å²) in [6.45, 7) is 2.19. The van der Waals surface area contributed by atoms with Gasteiger partial charge in [0.05, 0.1) is 24.8 Å². The van der Waals surface area contributed by atoms with Crippen LogP contribution in [0.2, 0.25) is 5.02 Å². The standard InChI is InChI=1S/C21H20ClN3O3/c22-18-11-16(12-19-20(18)28-10-2-9-27-19)13-23-21(26)17-5-3-15(4-6-17)14-25-8-1-7-24-25/h1,3-8,11-12H,2,9-10,13-14H2,(H,23,26). The van der Waals surface area contributed by atoms with Gasteiger partial charge in [-0.2, -0.15) is 5.10 Å². The third-order valence-electron chi connectivity index (χ3n) is 4.43. The zero-order valence-electron chi connectivity index (χ0n) is 15.2. The van der Waals surface area contributed by atoms with Crippen molar-refractivity contribution in [3.8, 4) is 11.5 Å². The highest BCUT2D eigenvalue weighted by atomic mass is 35.5. The molecule has 0 saturated carbocycles. The fourth-order valence-corrected chi connectivity index (χ4v) is 3.30. The van der Waals surface area contributed by atoms with E-state index in [-0.39, 0.29) is 5.91 Å². The summed E-state index contributed by atoms with van der Waals surface area (Å²) in [5.41, 5.74) is 2.54. The maximum atomic E-state index is 12.5. The average molecular weight is 398 g/mol. The minimum Gasteiger partial charge on any atom is -0.489 e. The molecule has 0 radical (unpaired) electrons. The smallest absolute Gasteiger partial charge is 0.251 e. The van der Waals surface area contributed by atoms with Crippen molar-refractivity contribution >= 4 is 17.5 Å². The lowest BCUT2D eigenvalue weighted by molar-refractivity contribution is 0.0951. The van der Waals surface area contributed by atoms with Crippen molar-refractivity contribution < 1.29 is 14.3 Å². The number of ether oxygens (including phenoxy) is 2. The van der Waals surface area contributed by atoms with Gasteiger partial charge in [0.1, 0.15) is 0 Å². The summed E-state index contributed by atoms with van der Waals surface area (Å²) in [6, 6.07) is 13.0. The molecule has 0 atom stereocenters. The highest BCUT2D eigenvalue weighted by molar-refractivity contribution is 6.32. The molecule has 1 aliphatic rings. The fourth-order valence-electron chi connectivity index (χ4n) is 3.01. The van der Waals surface area contributed by atoms with Crippen LogP contribution in [0.15, 0.2) is 54.9 Å². The molecule has 0 aliphatic carbocycles. The molecule has 0 unspecified atom stereocenters. The Kier molecular flexibility index (Phi) is 5.48. The molecule has 1 N–H and O–H groups in total. The first-order valence-corrected chi connectivity index (χ1v) is 9.49. The van der Waals surface area contributed by atoms with E-state index < -0.39 is 0 Å². The van der Waals surface area contributed by atoms with Gasteiger partial charge in [0.2, 0.25) is 0 Å². The van der Waals surface area contributed by atoms with Crippen LogP contribution in [0.3, 0.4) is 0 Å². The predicted octanol–water partition coefficient (Wildman–Crippen LogP) is 3.68. The Balaban J connectivity index is 1.39. The number of rotatable bonds is 5. The van der Waals surface area contributed by atoms with Crippen molar-refractivity contribution in [3.05, 3.63) is 76.6 Å². The Morgan fingerprint density at radius 3 is 2.75 bits per heavy atom. The Labute approximate surface area is 168 Å². The number of hydrogen-bond acceptors (Lipinski definition) is 4. The first-order chi connectivity index (χ1) is 13.7. The van der Waals surface area contributed by atoms with E-state index in [1.54, 1.807) is 12.3 Å². The summed E-state index contributed by atoms with van der Waals surface area (Å²) in [7, 11) is 0. The summed E-state index contributed by atoms with van der Waals surface area (Å²) >= 11 is 6.30. The van der Waals surface area contributed by atoms with Crippen LogP contribution in [-0.2, 0) is 13.1 Å². The Hall–Kier alpha value is -2.99. The SMILES string of the molecule is O=C(NCc1cc(Cl)c2c(c1)OCCCO2)c1ccc(Cn2cccn2)cc1. The molecule has 0 bridgehead atoms. The number of benzene rings is 2. The van der Waals surface area contributed by atoms with Crippen molar-refractivity contribution in [3.63, 3.8) is 0 Å². The largest absolute Gasteiger partial charge is 0.489 e. The second-order valence-electron chi connectivity index (χ2n) is 6.54. The number of amides is 1. The van der Waals surface area contributed by atoms with Crippen molar-refractivity contribution in [2.45, 2.75) is 19.5 Å². The molecule has 7 heteroatoms. The van der Waals surface area contributed by atoms with E-state index in [1.165, 1.54) is 0 Å². The summed E-state index contributed by atoms with van der Waals surface area (Å²) in [5.74, 6) is 1.05. The third-order valence-corrected chi connectivity index (χ3v) is 4.72. The van der Waals surface area contributed by atoms with E-state index in [2.05, 4.69) is 10.4 Å². The maximum absolute atomic E-state index is 12.5. The molecular formula is C21H20ClN3O3. The predicted molar refractivity (Wildman–Crippen MR) is 106 cm³/mol. The monoisotopic (exact) mass is 397 g/mol. The molecule has 1 aromatic heterocycles. The van der Waals surface area contributed by atoms with Crippen molar-refractivity contribution in [1.82, 2.24) is 15.1 Å². The number of carbonyl (C=O) groups is 1. The molecular weight excluding hydrogens is 378 g/mol. The summed E-state index contributed by atoms with van der Waals surface area (Å²) in [6.07, 6.45) is 4.46. The minimum absolute atomic E-state index is 0.145. The van der Waals surface area contributed by atoms with Gasteiger partial charge in [-0.15, -0.1) is 0 Å². The fraction of sp³-hybridized carbons (Fsp3) is 0.238. The molecule has 0 fully saturated rings. The van der Waals surface area contributed by atoms with Crippen LogP contribution in [0.1, 0.15) is 27.9 Å². The van der Waals surface area contributed by atoms with Gasteiger partial charge < -0.3 is 14.8 Å². The van der Waals surface area contributed by atoms with Gasteiger partial charge in [0, 0.05) is 30.9 Å². The van der Waals surface area contributed by atoms with Crippen molar-refractivity contribution in [1.29, 1.82) is 0 Å². The van der Waals surface area contributed by atoms with E-state index >= 15 is 0 Å². The van der Waals surface area contributed by atoms with Crippen LogP contribution < -0.4 is 14.8 Å². The van der Waals surface area contributed by atoms with E-state index in [1.807, 2.05) is 47.3 Å². The van der Waals surface area contributed by atoms with E-state index in [4.69, 9.17) is 21.1 Å². The number of halogens is 1. The Morgan fingerprint density at radius 2 is 1.96 bits per heavy atom. The van der Waals surface area contributed by atoms with Crippen molar-refractivity contribution in [2.24, 2.45) is 0 Å². The normalized spacial score (nSPS) is 13.0. The number of hydrogen-bond donors (Lipinski definition) is 1. The first-order valence-electron chi connectivity index (χ1n) is 9.11. The third kappa shape index (κ3) is 4.28. The molecule has 2 heterocycles. The summed E-state index contributed by atoms with van der Waals surface area (Å²) in [5, 5.41) is 7.59. The van der Waals surface area contributed by atoms with Gasteiger partial charge in [0.25, 0.3) is 5.91 Å². The van der Waals surface area contributed by atoms with Crippen LogP contribution in [0, 0.1) is 0 Å². The lowest BCUT2D eigenvalue weighted by Crippen LogP contribution is -2.22. The number of carbonyl (C=O) groups excluding carboxylic acids is 1. The second kappa shape index (κ2) is 8.35. The van der Waals surface area contributed by atoms with Gasteiger partial charge in [-0.25, -0.2) is 0 Å². The molecule has 0 saturated heterocycles. The van der Waals surface area contributed by atoms with Crippen LogP contribution in [0.4, 0.5) is 0 Å². The van der Waals surface area contributed by atoms with E-state index in [0.717, 1.165) is 17.5 Å². The van der Waals surface area contributed by atoms with Gasteiger partial charge >= 0.3 is 0 Å². The van der Waals surface area contributed by atoms with Crippen LogP contribution in [0.25, 0.3) is 0 Å². The lowest BCUT2D eigenvalue weighted by atomic mass is 10.1. The number of nitrogens with one attached hydrogen (secondary N) is 1. The molecule has 6 nitrogen and oxygen atoms in total. The molecule has 1 amide bonds. The number of aromatic nitrogens is 2. The molecule has 0 spiro atoms. The summed E-state index contributed by atoms with van der Waals surface area (Å²) < 4.78 is 13.2. The van der Waals surface area contributed by atoms with Crippen LogP contribution >= 0.6 is 11.6 Å². The summed E-state index contributed by atoms with van der Waals surface area (Å²) in [4.78, 5) is 12.5. The quantitative estimate of drug-likeness (QED) is 0.713. The van der Waals surface area contributed by atoms with Crippen LogP contribution in [0.5, 0.6) is 11.5 Å². The Morgan fingerprint density at radius 1 is 1.14 bits per heavy atom. The molecule has 28 heavy (non-hydrogen) atoms. The second-order valence-corrected chi connectivity index (χ2v) is 6.95. The maximum Gasteiger partial charge on any atom is 0.251 e. The number of nitrogens with zero attached hydrogens (tertiary/aromatic N) is 2. The molecule has 1 aliphatic heterocycles. The molecule has 2 aromatic carbocycles. The number of fused-ring (bicyclic) bond motifs is 1. The highest BCUT2D eigenvalue weighted by Crippen LogP contribution is 2.37. The minimum atomic E-state index is -0.145. The average Bonchev–Trinajstić information content (AvgIpc) is 3.09. The van der Waals surface area contributed by atoms with E-state index in [0.29, 0.717) is 48.4 Å². The van der Waals surface area contributed by atoms with Gasteiger partial charge in [-0.3, -0.25) is 9.48 Å². The Bertz CT molecular complexity index is 956. The molecule has 3 aromatic rings. The van der Waals surface area contributed by atoms with Crippen molar-refractivity contribution in [2.75, 3.05) is 13.2 Å². The highest BCUT2D eigenvalue weighted by Gasteiger charge is 2.16. The van der Waals surface area contributed by atoms with Crippen LogP contribution in [-0.4, -0.2) is 28.9 Å².